The minimum Gasteiger partial charge on any atom is -1.00 e. The third-order valence-electron chi connectivity index (χ3n) is 4.46. The summed E-state index contributed by atoms with van der Waals surface area (Å²) in [6.07, 6.45) is 3.06. The molecule has 0 saturated carbocycles. The number of rotatable bonds is 3. The van der Waals surface area contributed by atoms with Crippen molar-refractivity contribution < 1.29 is 17.5 Å². The van der Waals surface area contributed by atoms with Gasteiger partial charge in [-0.3, -0.25) is 4.90 Å². The second-order valence-electron chi connectivity index (χ2n) is 6.99. The Morgan fingerprint density at radius 2 is 1.64 bits per heavy atom. The molecule has 2 rings (SSSR count). The van der Waals surface area contributed by atoms with E-state index in [1.54, 1.807) is 0 Å². The predicted octanol–water partition coefficient (Wildman–Crippen LogP) is 0.414. The Balaban J connectivity index is 0.00000242. The molecule has 3 heteroatoms. The monoisotopic (exact) mass is 320 g/mol. The van der Waals surface area contributed by atoms with Gasteiger partial charge in [0.2, 0.25) is 0 Å². The number of halogens is 1. The minimum absolute atomic E-state index is 0. The first kappa shape index (κ1) is 19.0. The van der Waals surface area contributed by atoms with E-state index < -0.39 is 5.60 Å². The SMILES string of the molecule is CC(C)(C)C(O)(CC#CCN1CCCC1)c1ccccc1.[Cl-]. The first-order chi connectivity index (χ1) is 9.93. The lowest BCUT2D eigenvalue weighted by atomic mass is 9.70. The highest BCUT2D eigenvalue weighted by molar-refractivity contribution is 5.27. The normalized spacial score (nSPS) is 18.0. The van der Waals surface area contributed by atoms with E-state index in [1.807, 2.05) is 30.3 Å². The Hall–Kier alpha value is -1.01. The molecule has 1 N–H and O–H groups in total. The summed E-state index contributed by atoms with van der Waals surface area (Å²) >= 11 is 0. The van der Waals surface area contributed by atoms with Crippen molar-refractivity contribution in [3.8, 4) is 11.8 Å². The second-order valence-corrected chi connectivity index (χ2v) is 6.99. The summed E-state index contributed by atoms with van der Waals surface area (Å²) in [6, 6.07) is 9.92. The van der Waals surface area contributed by atoms with Gasteiger partial charge in [0.25, 0.3) is 0 Å². The molecule has 1 aromatic rings. The van der Waals surface area contributed by atoms with Crippen LogP contribution in [0.2, 0.25) is 0 Å². The summed E-state index contributed by atoms with van der Waals surface area (Å²) in [5.41, 5.74) is -0.212. The van der Waals surface area contributed by atoms with E-state index in [4.69, 9.17) is 0 Å². The molecule has 22 heavy (non-hydrogen) atoms. The van der Waals surface area contributed by atoms with Gasteiger partial charge in [-0.1, -0.05) is 62.9 Å². The Morgan fingerprint density at radius 1 is 1.05 bits per heavy atom. The molecule has 0 radical (unpaired) electrons. The van der Waals surface area contributed by atoms with Crippen LogP contribution >= 0.6 is 0 Å². The van der Waals surface area contributed by atoms with Gasteiger partial charge >= 0.3 is 0 Å². The van der Waals surface area contributed by atoms with Gasteiger partial charge in [0.15, 0.2) is 0 Å². The van der Waals surface area contributed by atoms with Crippen LogP contribution in [0, 0.1) is 17.3 Å². The number of likely N-dealkylation sites (tertiary alicyclic amines) is 1. The van der Waals surface area contributed by atoms with Crippen molar-refractivity contribution in [1.82, 2.24) is 4.90 Å². The van der Waals surface area contributed by atoms with Crippen molar-refractivity contribution in [2.24, 2.45) is 5.41 Å². The van der Waals surface area contributed by atoms with Crippen LogP contribution in [0.5, 0.6) is 0 Å². The van der Waals surface area contributed by atoms with Crippen LogP contribution in [0.25, 0.3) is 0 Å². The molecule has 1 aromatic carbocycles. The van der Waals surface area contributed by atoms with Gasteiger partial charge in [0.05, 0.1) is 6.54 Å². The van der Waals surface area contributed by atoms with Gasteiger partial charge in [-0.05, 0) is 36.9 Å². The molecule has 1 fully saturated rings. The van der Waals surface area contributed by atoms with Gasteiger partial charge in [-0.15, -0.1) is 0 Å². The van der Waals surface area contributed by atoms with Crippen molar-refractivity contribution in [2.75, 3.05) is 19.6 Å². The van der Waals surface area contributed by atoms with Gasteiger partial charge in [-0.2, -0.15) is 0 Å². The molecule has 2 nitrogen and oxygen atoms in total. The molecule has 0 spiro atoms. The van der Waals surface area contributed by atoms with Crippen molar-refractivity contribution >= 4 is 0 Å². The van der Waals surface area contributed by atoms with Crippen LogP contribution in [-0.2, 0) is 5.60 Å². The number of nitrogens with zero attached hydrogens (tertiary/aromatic N) is 1. The molecule has 1 heterocycles. The van der Waals surface area contributed by atoms with Gasteiger partial charge < -0.3 is 17.5 Å². The summed E-state index contributed by atoms with van der Waals surface area (Å²) in [5, 5.41) is 11.2. The van der Waals surface area contributed by atoms with Crippen molar-refractivity contribution in [3.63, 3.8) is 0 Å². The summed E-state index contributed by atoms with van der Waals surface area (Å²) in [7, 11) is 0. The number of benzene rings is 1. The Labute approximate surface area is 141 Å². The van der Waals surface area contributed by atoms with Crippen LogP contribution in [0.1, 0.15) is 45.6 Å². The zero-order chi connectivity index (χ0) is 15.3. The quantitative estimate of drug-likeness (QED) is 0.816. The fraction of sp³-hybridized carbons (Fsp3) is 0.579. The van der Waals surface area contributed by atoms with Gasteiger partial charge in [0, 0.05) is 6.42 Å². The van der Waals surface area contributed by atoms with Crippen LogP contribution in [0.15, 0.2) is 30.3 Å². The highest BCUT2D eigenvalue weighted by Gasteiger charge is 2.40. The minimum atomic E-state index is -0.910. The highest BCUT2D eigenvalue weighted by atomic mass is 35.5. The topological polar surface area (TPSA) is 23.5 Å². The van der Waals surface area contributed by atoms with Crippen LogP contribution in [0.3, 0.4) is 0 Å². The van der Waals surface area contributed by atoms with Crippen molar-refractivity contribution in [3.05, 3.63) is 35.9 Å². The van der Waals surface area contributed by atoms with E-state index in [0.717, 1.165) is 25.2 Å². The molecule has 1 aliphatic heterocycles. The number of hydrogen-bond acceptors (Lipinski definition) is 2. The first-order valence-electron chi connectivity index (χ1n) is 7.89. The van der Waals surface area contributed by atoms with E-state index >= 15 is 0 Å². The van der Waals surface area contributed by atoms with E-state index in [0.29, 0.717) is 6.42 Å². The number of hydrogen-bond donors (Lipinski definition) is 1. The average Bonchev–Trinajstić information content (AvgIpc) is 2.96. The molecule has 1 atom stereocenters. The molecule has 0 bridgehead atoms. The molecular weight excluding hydrogens is 294 g/mol. The molecule has 0 aromatic heterocycles. The first-order valence-corrected chi connectivity index (χ1v) is 7.89. The fourth-order valence-electron chi connectivity index (χ4n) is 2.81. The van der Waals surface area contributed by atoms with Crippen molar-refractivity contribution in [2.45, 2.75) is 45.6 Å². The molecule has 122 valence electrons. The number of aliphatic hydroxyl groups is 1. The Morgan fingerprint density at radius 3 is 2.18 bits per heavy atom. The molecule has 0 aliphatic carbocycles. The molecule has 1 unspecified atom stereocenters. The Bertz CT molecular complexity index is 506. The Kier molecular flexibility index (Phi) is 6.94. The maximum Gasteiger partial charge on any atom is 0.105 e. The van der Waals surface area contributed by atoms with E-state index in [2.05, 4.69) is 37.5 Å². The van der Waals surface area contributed by atoms with Gasteiger partial charge in [-0.25, -0.2) is 0 Å². The molecule has 0 amide bonds. The summed E-state index contributed by atoms with van der Waals surface area (Å²) in [6.45, 7) is 9.37. The zero-order valence-electron chi connectivity index (χ0n) is 13.9. The largest absolute Gasteiger partial charge is 1.00 e. The average molecular weight is 321 g/mol. The molecular formula is C19H27ClNO-. The van der Waals surface area contributed by atoms with Gasteiger partial charge in [0.1, 0.15) is 5.60 Å². The van der Waals surface area contributed by atoms with E-state index in [9.17, 15) is 5.11 Å². The lowest BCUT2D eigenvalue weighted by Crippen LogP contribution is -3.00. The molecule has 1 saturated heterocycles. The molecule has 1 aliphatic rings. The lowest BCUT2D eigenvalue weighted by Gasteiger charge is -2.39. The lowest BCUT2D eigenvalue weighted by molar-refractivity contribution is -0.0598. The fourth-order valence-corrected chi connectivity index (χ4v) is 2.81. The summed E-state index contributed by atoms with van der Waals surface area (Å²) < 4.78 is 0. The van der Waals surface area contributed by atoms with E-state index in [1.165, 1.54) is 12.8 Å². The van der Waals surface area contributed by atoms with Crippen LogP contribution in [0.4, 0.5) is 0 Å². The third-order valence-corrected chi connectivity index (χ3v) is 4.46. The van der Waals surface area contributed by atoms with E-state index in [-0.39, 0.29) is 17.8 Å². The van der Waals surface area contributed by atoms with Crippen LogP contribution in [-0.4, -0.2) is 29.6 Å². The smallest absolute Gasteiger partial charge is 0.105 e. The maximum absolute atomic E-state index is 11.2. The standard InChI is InChI=1S/C19H27NO.ClH/c1-18(2,3)19(21,17-11-5-4-6-12-17)13-7-8-14-20-15-9-10-16-20;/h4-6,11-12,21H,9-10,13-16H2,1-3H3;1H/p-1. The summed E-state index contributed by atoms with van der Waals surface area (Å²) in [5.74, 6) is 6.46. The third kappa shape index (κ3) is 4.49. The van der Waals surface area contributed by atoms with Crippen molar-refractivity contribution in [1.29, 1.82) is 0 Å². The highest BCUT2D eigenvalue weighted by Crippen LogP contribution is 2.41. The zero-order valence-corrected chi connectivity index (χ0v) is 14.7. The summed E-state index contributed by atoms with van der Waals surface area (Å²) in [4.78, 5) is 2.38. The maximum atomic E-state index is 11.2. The second kappa shape index (κ2) is 8.02. The van der Waals surface area contributed by atoms with Crippen LogP contribution < -0.4 is 12.4 Å². The predicted molar refractivity (Wildman–Crippen MR) is 87.9 cm³/mol.